The molecule has 0 atom stereocenters. The largest absolute Gasteiger partial charge is 0.507 e. The summed E-state index contributed by atoms with van der Waals surface area (Å²) in [6.45, 7) is 6.36. The number of benzene rings is 5. The predicted molar refractivity (Wildman–Crippen MR) is 166 cm³/mol. The molecule has 0 unspecified atom stereocenters. The van der Waals surface area contributed by atoms with E-state index < -0.39 is 0 Å². The Morgan fingerprint density at radius 3 is 2.24 bits per heavy atom. The molecule has 0 amide bonds. The van der Waals surface area contributed by atoms with Crippen molar-refractivity contribution in [1.82, 2.24) is 14.5 Å². The van der Waals surface area contributed by atoms with E-state index in [0.717, 1.165) is 39.2 Å². The molecule has 4 nitrogen and oxygen atoms in total. The number of phenols is 1. The van der Waals surface area contributed by atoms with Gasteiger partial charge in [0.05, 0.1) is 16.6 Å². The zero-order valence-electron chi connectivity index (χ0n) is 23.4. The molecule has 41 heavy (non-hydrogen) atoms. The summed E-state index contributed by atoms with van der Waals surface area (Å²) in [5.74, 6) is 1.04. The second-order valence-corrected chi connectivity index (χ2v) is 10.2. The van der Waals surface area contributed by atoms with Crippen molar-refractivity contribution in [3.8, 4) is 28.4 Å². The van der Waals surface area contributed by atoms with E-state index in [1.165, 1.54) is 32.7 Å². The third-order valence-electron chi connectivity index (χ3n) is 7.36. The molecule has 1 radical (unpaired) electrons. The second kappa shape index (κ2) is 11.7. The van der Waals surface area contributed by atoms with Crippen LogP contribution >= 0.6 is 0 Å². The van der Waals surface area contributed by atoms with Crippen LogP contribution in [-0.4, -0.2) is 19.6 Å². The summed E-state index contributed by atoms with van der Waals surface area (Å²) in [5, 5.41) is 14.9. The van der Waals surface area contributed by atoms with Gasteiger partial charge in [0.1, 0.15) is 11.6 Å². The Labute approximate surface area is 253 Å². The number of pyridine rings is 1. The zero-order chi connectivity index (χ0) is 27.8. The standard InChI is InChI=1S/C22H18N.C14H12N2O.Ir/c1-14-11-15(2)13-17(12-14)22-21-8-7-18-16(3)5-4-6-19(18)20(21)9-10-23-22;1-16-12-8-4-3-7-11(12)15-14(16)10-6-2-5-9-13(10)17;/h4-12H,1-3H3;2-9,17H,1H3;/q-1;;. The molecular weight excluding hydrogens is 683 g/mol. The SMILES string of the molecule is Cc1[c-]c(-c2nccc3c2ccc2c(C)cccc23)cc(C)c1.Cn1c(-c2ccccc2O)nc2ccccc21.[Ir]. The molecule has 2 heterocycles. The molecule has 5 aromatic carbocycles. The molecule has 5 heteroatoms. The van der Waals surface area contributed by atoms with Gasteiger partial charge in [-0.15, -0.1) is 34.9 Å². The molecule has 0 aliphatic carbocycles. The molecule has 2 aromatic heterocycles. The Kier molecular flexibility index (Phi) is 8.03. The molecule has 0 aliphatic rings. The number of aryl methyl sites for hydroxylation is 4. The van der Waals surface area contributed by atoms with Crippen molar-refractivity contribution in [3.05, 3.63) is 126 Å². The van der Waals surface area contributed by atoms with Gasteiger partial charge < -0.3 is 14.7 Å². The average Bonchev–Trinajstić information content (AvgIpc) is 3.29. The fourth-order valence-electron chi connectivity index (χ4n) is 5.47. The van der Waals surface area contributed by atoms with E-state index in [2.05, 4.69) is 85.3 Å². The number of aromatic nitrogens is 3. The number of para-hydroxylation sites is 3. The van der Waals surface area contributed by atoms with Crippen LogP contribution in [0.15, 0.2) is 103 Å². The second-order valence-electron chi connectivity index (χ2n) is 10.2. The summed E-state index contributed by atoms with van der Waals surface area (Å²) >= 11 is 0. The topological polar surface area (TPSA) is 50.9 Å². The van der Waals surface area contributed by atoms with E-state index >= 15 is 0 Å². The number of phenolic OH excluding ortho intramolecular Hbond substituents is 1. The van der Waals surface area contributed by atoms with Crippen LogP contribution in [0, 0.1) is 26.8 Å². The van der Waals surface area contributed by atoms with E-state index in [0.29, 0.717) is 0 Å². The number of imidazole rings is 1. The van der Waals surface area contributed by atoms with Crippen LogP contribution in [0.2, 0.25) is 0 Å². The van der Waals surface area contributed by atoms with Crippen molar-refractivity contribution >= 4 is 32.6 Å². The van der Waals surface area contributed by atoms with Gasteiger partial charge in [-0.25, -0.2) is 4.98 Å². The van der Waals surface area contributed by atoms with Crippen molar-refractivity contribution in [2.45, 2.75) is 20.8 Å². The first-order chi connectivity index (χ1) is 19.4. The fraction of sp³-hybridized carbons (Fsp3) is 0.111. The Hall–Kier alpha value is -4.31. The van der Waals surface area contributed by atoms with Gasteiger partial charge in [-0.1, -0.05) is 68.4 Å². The number of nitrogens with zero attached hydrogens (tertiary/aromatic N) is 3. The number of rotatable bonds is 2. The van der Waals surface area contributed by atoms with Crippen LogP contribution in [0.1, 0.15) is 16.7 Å². The van der Waals surface area contributed by atoms with Crippen molar-refractivity contribution in [2.75, 3.05) is 0 Å². The number of fused-ring (bicyclic) bond motifs is 4. The molecule has 1 N–H and O–H groups in total. The quantitative estimate of drug-likeness (QED) is 0.144. The van der Waals surface area contributed by atoms with Gasteiger partial charge in [0.15, 0.2) is 0 Å². The normalized spacial score (nSPS) is 10.8. The number of aromatic hydroxyl groups is 1. The van der Waals surface area contributed by atoms with Crippen LogP contribution < -0.4 is 0 Å². The minimum absolute atomic E-state index is 0. The monoisotopic (exact) mass is 713 g/mol. The Bertz CT molecular complexity index is 2010. The Morgan fingerprint density at radius 1 is 0.732 bits per heavy atom. The van der Waals surface area contributed by atoms with Crippen molar-refractivity contribution in [2.24, 2.45) is 7.05 Å². The summed E-state index contributed by atoms with van der Waals surface area (Å²) in [5.41, 5.74) is 8.53. The minimum Gasteiger partial charge on any atom is -0.507 e. The van der Waals surface area contributed by atoms with Gasteiger partial charge in [-0.2, -0.15) is 0 Å². The third kappa shape index (κ3) is 5.39. The molecule has 0 aliphatic heterocycles. The summed E-state index contributed by atoms with van der Waals surface area (Å²) in [4.78, 5) is 9.20. The molecule has 205 valence electrons. The van der Waals surface area contributed by atoms with Gasteiger partial charge in [-0.3, -0.25) is 0 Å². The molecular formula is C36H30IrN3O-. The maximum atomic E-state index is 9.86. The molecule has 0 saturated carbocycles. The Morgan fingerprint density at radius 2 is 1.46 bits per heavy atom. The average molecular weight is 713 g/mol. The van der Waals surface area contributed by atoms with E-state index in [1.807, 2.05) is 60.3 Å². The summed E-state index contributed by atoms with van der Waals surface area (Å²) in [6, 6.07) is 35.9. The fourth-order valence-corrected chi connectivity index (χ4v) is 5.47. The number of hydrogen-bond acceptors (Lipinski definition) is 3. The zero-order valence-corrected chi connectivity index (χ0v) is 25.8. The van der Waals surface area contributed by atoms with Gasteiger partial charge in [0.2, 0.25) is 0 Å². The van der Waals surface area contributed by atoms with Crippen LogP contribution in [0.4, 0.5) is 0 Å². The maximum absolute atomic E-state index is 9.86. The molecule has 0 spiro atoms. The van der Waals surface area contributed by atoms with E-state index in [-0.39, 0.29) is 25.9 Å². The summed E-state index contributed by atoms with van der Waals surface area (Å²) < 4.78 is 1.99. The van der Waals surface area contributed by atoms with Gasteiger partial charge in [0, 0.05) is 33.3 Å². The maximum Gasteiger partial charge on any atom is 0.144 e. The molecule has 0 saturated heterocycles. The van der Waals surface area contributed by atoms with Crippen molar-refractivity contribution in [3.63, 3.8) is 0 Å². The van der Waals surface area contributed by atoms with Crippen molar-refractivity contribution in [1.29, 1.82) is 0 Å². The van der Waals surface area contributed by atoms with E-state index in [9.17, 15) is 5.11 Å². The molecule has 0 fully saturated rings. The van der Waals surface area contributed by atoms with Gasteiger partial charge >= 0.3 is 0 Å². The van der Waals surface area contributed by atoms with Gasteiger partial charge in [0.25, 0.3) is 0 Å². The van der Waals surface area contributed by atoms with Crippen LogP contribution in [0.3, 0.4) is 0 Å². The minimum atomic E-state index is 0. The first-order valence-corrected chi connectivity index (χ1v) is 13.4. The molecule has 7 rings (SSSR count). The number of hydrogen-bond donors (Lipinski definition) is 1. The Balaban J connectivity index is 0.000000168. The smallest absolute Gasteiger partial charge is 0.144 e. The molecule has 7 aromatic rings. The predicted octanol–water partition coefficient (Wildman–Crippen LogP) is 8.72. The molecule has 0 bridgehead atoms. The van der Waals surface area contributed by atoms with Crippen LogP contribution in [0.5, 0.6) is 5.75 Å². The third-order valence-corrected chi connectivity index (χ3v) is 7.36. The van der Waals surface area contributed by atoms with E-state index in [4.69, 9.17) is 0 Å². The van der Waals surface area contributed by atoms with Crippen molar-refractivity contribution < 1.29 is 25.2 Å². The summed E-state index contributed by atoms with van der Waals surface area (Å²) in [7, 11) is 1.96. The first-order valence-electron chi connectivity index (χ1n) is 13.4. The first kappa shape index (κ1) is 28.2. The van der Waals surface area contributed by atoms with E-state index in [1.54, 1.807) is 6.07 Å². The summed E-state index contributed by atoms with van der Waals surface area (Å²) in [6.07, 6.45) is 1.91. The van der Waals surface area contributed by atoms with Crippen LogP contribution in [0.25, 0.3) is 55.2 Å². The van der Waals surface area contributed by atoms with Gasteiger partial charge in [-0.05, 0) is 70.1 Å². The van der Waals surface area contributed by atoms with Crippen LogP contribution in [-0.2, 0) is 27.2 Å².